The molecule has 3 heterocycles. The first-order valence-corrected chi connectivity index (χ1v) is 10.6. The third-order valence-corrected chi connectivity index (χ3v) is 7.46. The molecule has 5 rings (SSSR count). The number of carbonyl (C=O) groups is 1. The van der Waals surface area contributed by atoms with Crippen molar-refractivity contribution in [2.24, 2.45) is 11.8 Å². The van der Waals surface area contributed by atoms with Crippen LogP contribution in [0.4, 0.5) is 0 Å². The summed E-state index contributed by atoms with van der Waals surface area (Å²) in [4.78, 5) is 20.0. The minimum atomic E-state index is -0.0361. The number of hydrogen-bond donors (Lipinski definition) is 1. The zero-order chi connectivity index (χ0) is 18.9. The lowest BCUT2D eigenvalue weighted by Gasteiger charge is -2.58. The van der Waals surface area contributed by atoms with E-state index in [4.69, 9.17) is 4.74 Å². The van der Waals surface area contributed by atoms with E-state index in [1.165, 1.54) is 64.3 Å². The van der Waals surface area contributed by atoms with Crippen LogP contribution in [-0.2, 0) is 0 Å². The summed E-state index contributed by atoms with van der Waals surface area (Å²) in [6.45, 7) is 1.18. The summed E-state index contributed by atoms with van der Waals surface area (Å²) in [6, 6.07) is 3.84. The monoisotopic (exact) mass is 371 g/mol. The molecule has 4 aliphatic rings. The first kappa shape index (κ1) is 18.7. The summed E-state index contributed by atoms with van der Waals surface area (Å²) in [7, 11) is 3.85. The topological polar surface area (TPSA) is 54.5 Å². The maximum absolute atomic E-state index is 13.2. The average molecular weight is 372 g/mol. The number of nitrogens with one attached hydrogen (secondary N) is 1. The van der Waals surface area contributed by atoms with Crippen molar-refractivity contribution in [2.45, 2.75) is 69.4 Å². The molecule has 2 aliphatic heterocycles. The smallest absolute Gasteiger partial charge is 0.257 e. The predicted molar refractivity (Wildman–Crippen MR) is 106 cm³/mol. The van der Waals surface area contributed by atoms with Crippen LogP contribution in [0.25, 0.3) is 0 Å². The van der Waals surface area contributed by atoms with Gasteiger partial charge in [-0.1, -0.05) is 19.3 Å². The minimum absolute atomic E-state index is 0.0361. The molecule has 4 fully saturated rings. The van der Waals surface area contributed by atoms with E-state index in [0.29, 0.717) is 17.4 Å². The van der Waals surface area contributed by atoms with Crippen molar-refractivity contribution in [3.05, 3.63) is 23.9 Å². The molecule has 1 unspecified atom stereocenters. The van der Waals surface area contributed by atoms with Crippen molar-refractivity contribution in [1.82, 2.24) is 15.2 Å². The van der Waals surface area contributed by atoms with Crippen LogP contribution < -0.4 is 10.1 Å². The Hall–Kier alpha value is -1.62. The van der Waals surface area contributed by atoms with Crippen molar-refractivity contribution in [2.75, 3.05) is 20.7 Å². The van der Waals surface area contributed by atoms with Gasteiger partial charge in [-0.2, -0.15) is 0 Å². The van der Waals surface area contributed by atoms with Crippen molar-refractivity contribution in [1.29, 1.82) is 0 Å². The Morgan fingerprint density at radius 3 is 2.67 bits per heavy atom. The molecule has 2 bridgehead atoms. The van der Waals surface area contributed by atoms with Gasteiger partial charge in [0, 0.05) is 18.3 Å². The zero-order valence-electron chi connectivity index (χ0n) is 16.7. The van der Waals surface area contributed by atoms with Crippen LogP contribution in [0.15, 0.2) is 18.3 Å². The van der Waals surface area contributed by atoms with Gasteiger partial charge in [-0.15, -0.1) is 0 Å². The van der Waals surface area contributed by atoms with Crippen LogP contribution in [0.3, 0.4) is 0 Å². The molecular formula is C22H33N3O2. The van der Waals surface area contributed by atoms with Crippen LogP contribution in [0, 0.1) is 11.8 Å². The molecule has 1 atom stereocenters. The van der Waals surface area contributed by atoms with Gasteiger partial charge in [0.2, 0.25) is 5.88 Å². The second kappa shape index (κ2) is 7.78. The maximum Gasteiger partial charge on any atom is 0.257 e. The van der Waals surface area contributed by atoms with Crippen LogP contribution in [0.2, 0.25) is 0 Å². The second-order valence-electron chi connectivity index (χ2n) is 8.84. The standard InChI is InChI=1S/C22H33N3O2/c1-25-15-16-10-12-22(25,13-11-16)19(17-7-4-3-5-8-17)24-20(26)18-9-6-14-23-21(18)27-2/h6,9,14,16-17,19H,3-5,7-8,10-13,15H2,1-2H3,(H,24,26). The van der Waals surface area contributed by atoms with Crippen molar-refractivity contribution >= 4 is 5.91 Å². The van der Waals surface area contributed by atoms with Crippen molar-refractivity contribution < 1.29 is 9.53 Å². The summed E-state index contributed by atoms with van der Waals surface area (Å²) < 4.78 is 5.34. The molecule has 0 spiro atoms. The Kier molecular flexibility index (Phi) is 5.40. The SMILES string of the molecule is COc1ncccc1C(=O)NC(C1CCCCC1)C12CCC(CC1)CN2C. The number of rotatable bonds is 5. The Morgan fingerprint density at radius 2 is 2.00 bits per heavy atom. The van der Waals surface area contributed by atoms with Crippen LogP contribution >= 0.6 is 0 Å². The van der Waals surface area contributed by atoms with E-state index in [0.717, 1.165) is 5.92 Å². The van der Waals surface area contributed by atoms with Gasteiger partial charge in [0.15, 0.2) is 0 Å². The number of amides is 1. The van der Waals surface area contributed by atoms with Crippen molar-refractivity contribution in [3.63, 3.8) is 0 Å². The molecule has 1 aromatic rings. The van der Waals surface area contributed by atoms with E-state index in [2.05, 4.69) is 22.2 Å². The lowest BCUT2D eigenvalue weighted by Crippen LogP contribution is -2.68. The van der Waals surface area contributed by atoms with Gasteiger partial charge in [-0.3, -0.25) is 9.69 Å². The third kappa shape index (κ3) is 3.46. The first-order chi connectivity index (χ1) is 13.1. The third-order valence-electron chi connectivity index (χ3n) is 7.46. The summed E-state index contributed by atoms with van der Waals surface area (Å²) in [5, 5.41) is 3.49. The summed E-state index contributed by atoms with van der Waals surface area (Å²) >= 11 is 0. The van der Waals surface area contributed by atoms with Gasteiger partial charge in [-0.25, -0.2) is 4.98 Å². The van der Waals surface area contributed by atoms with Gasteiger partial charge in [-0.05, 0) is 69.5 Å². The number of carbonyl (C=O) groups excluding carboxylic acids is 1. The van der Waals surface area contributed by atoms with E-state index in [1.54, 1.807) is 13.3 Å². The minimum Gasteiger partial charge on any atom is -0.480 e. The number of likely N-dealkylation sites (N-methyl/N-ethyl adjacent to an activating group) is 1. The summed E-state index contributed by atoms with van der Waals surface area (Å²) in [5.41, 5.74) is 0.659. The molecule has 2 aliphatic carbocycles. The van der Waals surface area contributed by atoms with Crippen molar-refractivity contribution in [3.8, 4) is 5.88 Å². The molecule has 5 nitrogen and oxygen atoms in total. The highest BCUT2D eigenvalue weighted by Crippen LogP contribution is 2.47. The number of ether oxygens (including phenoxy) is 1. The number of pyridine rings is 1. The van der Waals surface area contributed by atoms with Crippen LogP contribution in [0.5, 0.6) is 5.88 Å². The number of fused-ring (bicyclic) bond motifs is 3. The van der Waals surface area contributed by atoms with E-state index < -0.39 is 0 Å². The van der Waals surface area contributed by atoms with E-state index in [-0.39, 0.29) is 17.5 Å². The number of piperidine rings is 2. The van der Waals surface area contributed by atoms with E-state index >= 15 is 0 Å². The molecule has 2 saturated heterocycles. The fourth-order valence-corrected chi connectivity index (χ4v) is 5.96. The van der Waals surface area contributed by atoms with Gasteiger partial charge >= 0.3 is 0 Å². The highest BCUT2D eigenvalue weighted by atomic mass is 16.5. The van der Waals surface area contributed by atoms with Gasteiger partial charge in [0.05, 0.1) is 13.2 Å². The molecule has 0 aromatic carbocycles. The molecule has 1 amide bonds. The maximum atomic E-state index is 13.2. The Balaban J connectivity index is 1.63. The lowest BCUT2D eigenvalue weighted by molar-refractivity contribution is -0.0562. The zero-order valence-corrected chi connectivity index (χ0v) is 16.7. The van der Waals surface area contributed by atoms with E-state index in [1.807, 2.05) is 12.1 Å². The van der Waals surface area contributed by atoms with Gasteiger partial charge in [0.1, 0.15) is 5.56 Å². The van der Waals surface area contributed by atoms with Gasteiger partial charge < -0.3 is 10.1 Å². The Morgan fingerprint density at radius 1 is 1.26 bits per heavy atom. The Labute approximate surface area is 162 Å². The number of aromatic nitrogens is 1. The normalized spacial score (nSPS) is 30.1. The predicted octanol–water partition coefficient (Wildman–Crippen LogP) is 3.64. The number of hydrogen-bond acceptors (Lipinski definition) is 4. The fourth-order valence-electron chi connectivity index (χ4n) is 5.96. The molecule has 0 radical (unpaired) electrons. The molecule has 148 valence electrons. The first-order valence-electron chi connectivity index (χ1n) is 10.6. The molecule has 27 heavy (non-hydrogen) atoms. The Bertz CT molecular complexity index is 663. The number of methoxy groups -OCH3 is 1. The fraction of sp³-hybridized carbons (Fsp3) is 0.727. The van der Waals surface area contributed by atoms with Crippen LogP contribution in [0.1, 0.15) is 68.1 Å². The van der Waals surface area contributed by atoms with Crippen LogP contribution in [-0.4, -0.2) is 48.1 Å². The number of nitrogens with zero attached hydrogens (tertiary/aromatic N) is 2. The van der Waals surface area contributed by atoms with E-state index in [9.17, 15) is 4.79 Å². The molecule has 1 N–H and O–H groups in total. The summed E-state index contributed by atoms with van der Waals surface area (Å²) in [5.74, 6) is 1.79. The molecule has 2 saturated carbocycles. The largest absolute Gasteiger partial charge is 0.480 e. The average Bonchev–Trinajstić information content (AvgIpc) is 2.73. The quantitative estimate of drug-likeness (QED) is 0.858. The second-order valence-corrected chi connectivity index (χ2v) is 8.84. The molecule has 5 heteroatoms. The lowest BCUT2D eigenvalue weighted by atomic mass is 9.63. The molecule has 1 aromatic heterocycles. The van der Waals surface area contributed by atoms with Gasteiger partial charge in [0.25, 0.3) is 5.91 Å². The highest BCUT2D eigenvalue weighted by molar-refractivity contribution is 5.96. The molecular weight excluding hydrogens is 338 g/mol. The highest BCUT2D eigenvalue weighted by Gasteiger charge is 2.52. The summed E-state index contributed by atoms with van der Waals surface area (Å²) in [6.07, 6.45) is 13.1.